The Balaban J connectivity index is 0.891. The lowest BCUT2D eigenvalue weighted by Gasteiger charge is -2.44. The molecule has 0 radical (unpaired) electrons. The van der Waals surface area contributed by atoms with Crippen LogP contribution < -0.4 is 26.2 Å². The summed E-state index contributed by atoms with van der Waals surface area (Å²) in [6.07, 6.45) is 0. The van der Waals surface area contributed by atoms with Crippen molar-refractivity contribution >= 4 is 166 Å². The van der Waals surface area contributed by atoms with E-state index in [2.05, 4.69) is 372 Å². The second kappa shape index (κ2) is 20.2. The molecule has 8 heteroatoms. The first kappa shape index (κ1) is 53.3. The largest absolute Gasteiger partial charge is 0.311 e. The fraction of sp³-hybridized carbons (Fsp3) is 0. The molecule has 0 atom stereocenters. The molecule has 0 spiro atoms. The maximum Gasteiger partial charge on any atom is 0.252 e. The van der Waals surface area contributed by atoms with Gasteiger partial charge in [-0.05, 0) is 162 Å². The van der Waals surface area contributed by atoms with Gasteiger partial charge in [0, 0.05) is 111 Å². The average molecular weight is 1250 g/mol. The molecule has 20 aromatic rings. The molecule has 7 nitrogen and oxygen atoms in total. The molecule has 15 aromatic carbocycles. The smallest absolute Gasteiger partial charge is 0.252 e. The first-order valence-corrected chi connectivity index (χ1v) is 33.9. The van der Waals surface area contributed by atoms with Crippen LogP contribution in [0.1, 0.15) is 0 Å². The van der Waals surface area contributed by atoms with Gasteiger partial charge in [0.25, 0.3) is 6.71 Å². The number of rotatable bonds is 7. The van der Waals surface area contributed by atoms with E-state index in [4.69, 9.17) is 0 Å². The first-order chi connectivity index (χ1) is 48.7. The fourth-order valence-electron chi connectivity index (χ4n) is 17.4. The van der Waals surface area contributed by atoms with Crippen molar-refractivity contribution in [1.82, 2.24) is 22.8 Å². The third kappa shape index (κ3) is 7.37. The molecule has 0 N–H and O–H groups in total. The standard InChI is InChI=1S/C90H56BN7/c1-3-23-57(24-4-1)92-82-41-21-13-33-70(82)72-51-59(45-49-84(72)92)96-86-53-61(94-76-35-15-7-27-64(76)65-28-8-16-36-77(65)94)43-47-74(86)91-75-48-44-62(95-78-37-17-9-29-66(78)67-30-10-18-38-79(67)95)54-87(75)97(60-46-50-85-73(52-60)71-34-14-22-42-83(71)93(85)58-25-5-2-6-26-58)89-56-63(55-88(96)90(89)91)98-80-39-19-11-31-68(80)69-32-12-20-40-81(69)98/h1-56H. The van der Waals surface area contributed by atoms with Crippen LogP contribution in [0.15, 0.2) is 340 Å². The minimum absolute atomic E-state index is 0.212. The van der Waals surface area contributed by atoms with E-state index in [0.717, 1.165) is 84.6 Å². The van der Waals surface area contributed by atoms with E-state index in [-0.39, 0.29) is 6.71 Å². The highest BCUT2D eigenvalue weighted by Gasteiger charge is 2.45. The topological polar surface area (TPSA) is 31.1 Å². The third-order valence-corrected chi connectivity index (χ3v) is 21.4. The average Bonchev–Trinajstić information content (AvgIpc) is 0.923. The van der Waals surface area contributed by atoms with Gasteiger partial charge in [-0.25, -0.2) is 0 Å². The molecule has 5 aromatic heterocycles. The summed E-state index contributed by atoms with van der Waals surface area (Å²) < 4.78 is 12.3. The van der Waals surface area contributed by atoms with Gasteiger partial charge in [0.2, 0.25) is 0 Å². The number of benzene rings is 15. The van der Waals surface area contributed by atoms with Crippen molar-refractivity contribution in [2.24, 2.45) is 0 Å². The van der Waals surface area contributed by atoms with Crippen LogP contribution in [0.25, 0.3) is 137 Å². The van der Waals surface area contributed by atoms with E-state index in [1.54, 1.807) is 0 Å². The molecule has 7 heterocycles. The van der Waals surface area contributed by atoms with E-state index in [9.17, 15) is 0 Å². The second-order valence-electron chi connectivity index (χ2n) is 26.4. The maximum atomic E-state index is 2.62. The third-order valence-electron chi connectivity index (χ3n) is 21.4. The number of hydrogen-bond donors (Lipinski definition) is 0. The van der Waals surface area contributed by atoms with Gasteiger partial charge < -0.3 is 32.6 Å². The van der Waals surface area contributed by atoms with Gasteiger partial charge in [-0.1, -0.05) is 194 Å². The molecule has 0 amide bonds. The number of fused-ring (bicyclic) bond motifs is 19. The molecule has 0 fully saturated rings. The summed E-state index contributed by atoms with van der Waals surface area (Å²) in [5, 5.41) is 12.1. The van der Waals surface area contributed by atoms with Gasteiger partial charge in [-0.2, -0.15) is 0 Å². The Morgan fingerprint density at radius 2 is 0.408 bits per heavy atom. The Labute approximate surface area is 563 Å². The van der Waals surface area contributed by atoms with Crippen molar-refractivity contribution in [2.75, 3.05) is 9.80 Å². The summed E-state index contributed by atoms with van der Waals surface area (Å²) in [7, 11) is 0. The Kier molecular flexibility index (Phi) is 11.0. The number of para-hydroxylation sites is 10. The van der Waals surface area contributed by atoms with Crippen molar-refractivity contribution in [1.29, 1.82) is 0 Å². The van der Waals surface area contributed by atoms with Crippen LogP contribution in [0, 0.1) is 0 Å². The molecule has 0 saturated heterocycles. The van der Waals surface area contributed by atoms with Gasteiger partial charge in [0.15, 0.2) is 0 Å². The van der Waals surface area contributed by atoms with Crippen molar-refractivity contribution in [2.45, 2.75) is 0 Å². The predicted octanol–water partition coefficient (Wildman–Crippen LogP) is 21.3. The van der Waals surface area contributed by atoms with Gasteiger partial charge in [0.1, 0.15) is 0 Å². The highest BCUT2D eigenvalue weighted by molar-refractivity contribution is 7.00. The Morgan fingerprint density at radius 1 is 0.163 bits per heavy atom. The SMILES string of the molecule is c1ccc(-n2c3ccccc3c3cc(N4c5cc(-n6c7ccccc7c7ccccc76)ccc5B5c6ccc(-n7c8ccccc8c8ccccc87)cc6N(c6ccc7c(c6)c6ccccc6n7-c6ccccc6)c6cc(-n7c8ccccc8c8ccccc87)cc4c65)ccc32)cc1. The zero-order chi connectivity index (χ0) is 63.8. The molecule has 22 rings (SSSR count). The summed E-state index contributed by atoms with van der Waals surface area (Å²) >= 11 is 0. The lowest BCUT2D eigenvalue weighted by molar-refractivity contribution is 1.15. The second-order valence-corrected chi connectivity index (χ2v) is 26.4. The molecule has 2 aliphatic heterocycles. The number of hydrogen-bond acceptors (Lipinski definition) is 2. The molecule has 454 valence electrons. The van der Waals surface area contributed by atoms with E-state index in [1.165, 1.54) is 103 Å². The predicted molar refractivity (Wildman–Crippen MR) is 412 cm³/mol. The molecule has 2 aliphatic rings. The Hall–Kier alpha value is -13.0. The van der Waals surface area contributed by atoms with Crippen LogP contribution in [0.5, 0.6) is 0 Å². The molecular formula is C90H56BN7. The van der Waals surface area contributed by atoms with Crippen LogP contribution in [-0.4, -0.2) is 29.5 Å². The van der Waals surface area contributed by atoms with Gasteiger partial charge >= 0.3 is 0 Å². The normalized spacial score (nSPS) is 12.8. The Bertz CT molecular complexity index is 6270. The molecule has 98 heavy (non-hydrogen) atoms. The number of aromatic nitrogens is 5. The first-order valence-electron chi connectivity index (χ1n) is 33.9. The van der Waals surface area contributed by atoms with E-state index in [0.29, 0.717) is 0 Å². The van der Waals surface area contributed by atoms with Crippen molar-refractivity contribution in [3.8, 4) is 28.4 Å². The lowest BCUT2D eigenvalue weighted by atomic mass is 9.33. The zero-order valence-electron chi connectivity index (χ0n) is 53.0. The number of anilines is 6. The zero-order valence-corrected chi connectivity index (χ0v) is 53.0. The maximum absolute atomic E-state index is 2.62. The molecule has 0 saturated carbocycles. The molecular weight excluding hydrogens is 1190 g/mol. The lowest BCUT2D eigenvalue weighted by Crippen LogP contribution is -2.61. The summed E-state index contributed by atoms with van der Waals surface area (Å²) in [5.41, 5.74) is 27.5. The highest BCUT2D eigenvalue weighted by Crippen LogP contribution is 2.50. The fourth-order valence-corrected chi connectivity index (χ4v) is 17.4. The van der Waals surface area contributed by atoms with Crippen LogP contribution >= 0.6 is 0 Å². The number of nitrogens with zero attached hydrogens (tertiary/aromatic N) is 7. The summed E-state index contributed by atoms with van der Waals surface area (Å²) in [5.74, 6) is 0. The Morgan fingerprint density at radius 3 is 0.735 bits per heavy atom. The van der Waals surface area contributed by atoms with Crippen LogP contribution in [0.3, 0.4) is 0 Å². The van der Waals surface area contributed by atoms with Crippen molar-refractivity contribution in [3.05, 3.63) is 340 Å². The summed E-state index contributed by atoms with van der Waals surface area (Å²) in [4.78, 5) is 5.25. The molecule has 0 unspecified atom stereocenters. The van der Waals surface area contributed by atoms with Crippen LogP contribution in [0.4, 0.5) is 34.1 Å². The van der Waals surface area contributed by atoms with Gasteiger partial charge in [0.05, 0.1) is 60.9 Å². The van der Waals surface area contributed by atoms with Gasteiger partial charge in [-0.15, -0.1) is 0 Å². The monoisotopic (exact) mass is 1250 g/mol. The van der Waals surface area contributed by atoms with Crippen LogP contribution in [0.2, 0.25) is 0 Å². The van der Waals surface area contributed by atoms with E-state index in [1.807, 2.05) is 0 Å². The summed E-state index contributed by atoms with van der Waals surface area (Å²) in [6, 6.07) is 127. The molecule has 0 aliphatic carbocycles. The van der Waals surface area contributed by atoms with Gasteiger partial charge in [-0.3, -0.25) is 0 Å². The quantitative estimate of drug-likeness (QED) is 0.149. The summed E-state index contributed by atoms with van der Waals surface area (Å²) in [6.45, 7) is -0.212. The molecule has 0 bridgehead atoms. The minimum atomic E-state index is -0.212. The van der Waals surface area contributed by atoms with Crippen LogP contribution in [-0.2, 0) is 0 Å². The van der Waals surface area contributed by atoms with E-state index < -0.39 is 0 Å². The highest BCUT2D eigenvalue weighted by atomic mass is 15.2. The van der Waals surface area contributed by atoms with Crippen molar-refractivity contribution in [3.63, 3.8) is 0 Å². The van der Waals surface area contributed by atoms with E-state index >= 15 is 0 Å². The minimum Gasteiger partial charge on any atom is -0.311 e. The van der Waals surface area contributed by atoms with Crippen molar-refractivity contribution < 1.29 is 0 Å².